The molecule has 1 aliphatic rings. The SMILES string of the molecule is CC1c2ccccc2SC(c2ccccc2O)[NH+]1[O-]. The lowest BCUT2D eigenvalue weighted by atomic mass is 10.1. The van der Waals surface area contributed by atoms with E-state index in [0.717, 1.165) is 10.5 Å². The van der Waals surface area contributed by atoms with Crippen molar-refractivity contribution < 1.29 is 10.2 Å². The van der Waals surface area contributed by atoms with E-state index in [-0.39, 0.29) is 22.2 Å². The normalized spacial score (nSPS) is 25.9. The molecule has 2 aromatic carbocycles. The minimum absolute atomic E-state index is 0.123. The van der Waals surface area contributed by atoms with Crippen molar-refractivity contribution in [1.82, 2.24) is 0 Å². The molecule has 1 aliphatic heterocycles. The van der Waals surface area contributed by atoms with Gasteiger partial charge in [-0.05, 0) is 25.1 Å². The fourth-order valence-corrected chi connectivity index (χ4v) is 3.88. The topological polar surface area (TPSA) is 47.7 Å². The Hall–Kier alpha value is -1.49. The number of phenols is 1. The zero-order valence-electron chi connectivity index (χ0n) is 10.5. The molecule has 3 atom stereocenters. The van der Waals surface area contributed by atoms with Gasteiger partial charge in [-0.1, -0.05) is 42.1 Å². The predicted molar refractivity (Wildman–Crippen MR) is 75.9 cm³/mol. The van der Waals surface area contributed by atoms with Crippen LogP contribution in [0.4, 0.5) is 0 Å². The molecule has 4 heteroatoms. The van der Waals surface area contributed by atoms with E-state index >= 15 is 0 Å². The van der Waals surface area contributed by atoms with Crippen LogP contribution in [0.15, 0.2) is 53.4 Å². The summed E-state index contributed by atoms with van der Waals surface area (Å²) in [6.07, 6.45) is 0. The van der Waals surface area contributed by atoms with Gasteiger partial charge in [0.15, 0.2) is 5.37 Å². The van der Waals surface area contributed by atoms with Gasteiger partial charge in [0.25, 0.3) is 0 Å². The van der Waals surface area contributed by atoms with Crippen LogP contribution >= 0.6 is 11.8 Å². The Labute approximate surface area is 116 Å². The number of hydrogen-bond donors (Lipinski definition) is 2. The van der Waals surface area contributed by atoms with Crippen LogP contribution < -0.4 is 5.06 Å². The number of quaternary nitrogens is 1. The summed E-state index contributed by atoms with van der Waals surface area (Å²) in [6.45, 7) is 1.94. The summed E-state index contributed by atoms with van der Waals surface area (Å²) in [5.74, 6) is 0.194. The van der Waals surface area contributed by atoms with Crippen LogP contribution in [0.5, 0.6) is 5.75 Å². The van der Waals surface area contributed by atoms with Gasteiger partial charge in [-0.3, -0.25) is 0 Å². The summed E-state index contributed by atoms with van der Waals surface area (Å²) in [4.78, 5) is 1.13. The number of aromatic hydroxyl groups is 1. The number of rotatable bonds is 1. The van der Waals surface area contributed by atoms with Crippen molar-refractivity contribution in [3.05, 3.63) is 64.9 Å². The fraction of sp³-hybridized carbons (Fsp3) is 0.200. The van der Waals surface area contributed by atoms with E-state index in [1.165, 1.54) is 11.8 Å². The molecule has 2 N–H and O–H groups in total. The fourth-order valence-electron chi connectivity index (χ4n) is 2.44. The Kier molecular flexibility index (Phi) is 3.22. The molecule has 0 radical (unpaired) electrons. The Morgan fingerprint density at radius 3 is 2.42 bits per heavy atom. The Balaban J connectivity index is 2.04. The average Bonchev–Trinajstić information content (AvgIpc) is 2.44. The molecule has 3 nitrogen and oxygen atoms in total. The number of benzene rings is 2. The van der Waals surface area contributed by atoms with Gasteiger partial charge >= 0.3 is 0 Å². The molecule has 0 aliphatic carbocycles. The second kappa shape index (κ2) is 4.89. The smallest absolute Gasteiger partial charge is 0.168 e. The van der Waals surface area contributed by atoms with Crippen LogP contribution in [0, 0.1) is 5.21 Å². The molecule has 0 saturated carbocycles. The van der Waals surface area contributed by atoms with Gasteiger partial charge in [0.1, 0.15) is 11.8 Å². The third kappa shape index (κ3) is 2.12. The summed E-state index contributed by atoms with van der Waals surface area (Å²) >= 11 is 1.53. The molecule has 19 heavy (non-hydrogen) atoms. The maximum atomic E-state index is 12.5. The lowest BCUT2D eigenvalue weighted by molar-refractivity contribution is -0.897. The number of para-hydroxylation sites is 1. The first-order valence-electron chi connectivity index (χ1n) is 6.25. The highest BCUT2D eigenvalue weighted by Gasteiger charge is 2.33. The quantitative estimate of drug-likeness (QED) is 0.785. The maximum absolute atomic E-state index is 12.5. The monoisotopic (exact) mass is 273 g/mol. The largest absolute Gasteiger partial charge is 0.633 e. The lowest BCUT2D eigenvalue weighted by Gasteiger charge is -2.40. The van der Waals surface area contributed by atoms with Crippen LogP contribution in [0.1, 0.15) is 29.5 Å². The molecule has 0 amide bonds. The zero-order chi connectivity index (χ0) is 13.4. The molecule has 0 spiro atoms. The van der Waals surface area contributed by atoms with Crippen molar-refractivity contribution in [2.24, 2.45) is 0 Å². The molecule has 0 bridgehead atoms. The van der Waals surface area contributed by atoms with Crippen molar-refractivity contribution in [2.45, 2.75) is 23.2 Å². The van der Waals surface area contributed by atoms with Crippen LogP contribution in [0.25, 0.3) is 0 Å². The van der Waals surface area contributed by atoms with Crippen molar-refractivity contribution in [2.75, 3.05) is 0 Å². The van der Waals surface area contributed by atoms with E-state index in [1.54, 1.807) is 12.1 Å². The summed E-state index contributed by atoms with van der Waals surface area (Å²) in [7, 11) is 0. The summed E-state index contributed by atoms with van der Waals surface area (Å²) in [5.41, 5.74) is 1.79. The van der Waals surface area contributed by atoms with E-state index in [1.807, 2.05) is 43.3 Å². The third-order valence-corrected chi connectivity index (χ3v) is 4.88. The highest BCUT2D eigenvalue weighted by molar-refractivity contribution is 7.99. The number of phenolic OH excluding ortho intramolecular Hbond substituents is 1. The van der Waals surface area contributed by atoms with E-state index in [2.05, 4.69) is 0 Å². The summed E-state index contributed by atoms with van der Waals surface area (Å²) in [5, 5.41) is 22.3. The number of hydroxylamine groups is 2. The Morgan fingerprint density at radius 1 is 1.05 bits per heavy atom. The molecule has 2 aromatic rings. The summed E-state index contributed by atoms with van der Waals surface area (Å²) < 4.78 is 0. The van der Waals surface area contributed by atoms with Gasteiger partial charge in [0, 0.05) is 10.5 Å². The molecule has 0 fully saturated rings. The molecular formula is C15H15NO2S. The van der Waals surface area contributed by atoms with Crippen molar-refractivity contribution in [3.63, 3.8) is 0 Å². The molecule has 3 rings (SSSR count). The van der Waals surface area contributed by atoms with Gasteiger partial charge in [-0.25, -0.2) is 0 Å². The lowest BCUT2D eigenvalue weighted by Crippen LogP contribution is -3.07. The molecule has 1 heterocycles. The molecule has 3 unspecified atom stereocenters. The second-order valence-electron chi connectivity index (χ2n) is 4.72. The van der Waals surface area contributed by atoms with Gasteiger partial charge < -0.3 is 15.4 Å². The van der Waals surface area contributed by atoms with Crippen LogP contribution in [-0.4, -0.2) is 5.11 Å². The Bertz CT molecular complexity index is 602. The number of fused-ring (bicyclic) bond motifs is 1. The van der Waals surface area contributed by atoms with Crippen molar-refractivity contribution >= 4 is 11.8 Å². The number of thioether (sulfide) groups is 1. The predicted octanol–water partition coefficient (Wildman–Crippen LogP) is 2.64. The van der Waals surface area contributed by atoms with Gasteiger partial charge in [0.05, 0.1) is 5.56 Å². The Morgan fingerprint density at radius 2 is 1.68 bits per heavy atom. The first kappa shape index (κ1) is 12.5. The van der Waals surface area contributed by atoms with Gasteiger partial charge in [0.2, 0.25) is 0 Å². The molecular weight excluding hydrogens is 258 g/mol. The zero-order valence-corrected chi connectivity index (χ0v) is 11.4. The summed E-state index contributed by atoms with van der Waals surface area (Å²) in [6, 6.07) is 15.0. The average molecular weight is 273 g/mol. The number of hydrogen-bond acceptors (Lipinski definition) is 3. The van der Waals surface area contributed by atoms with E-state index in [0.29, 0.717) is 5.56 Å². The highest BCUT2D eigenvalue weighted by atomic mass is 32.2. The van der Waals surface area contributed by atoms with Crippen molar-refractivity contribution in [3.8, 4) is 5.75 Å². The van der Waals surface area contributed by atoms with Crippen LogP contribution in [0.3, 0.4) is 0 Å². The van der Waals surface area contributed by atoms with Crippen LogP contribution in [-0.2, 0) is 0 Å². The van der Waals surface area contributed by atoms with E-state index < -0.39 is 0 Å². The first-order chi connectivity index (χ1) is 9.18. The molecule has 0 saturated heterocycles. The number of nitrogens with one attached hydrogen (secondary N) is 1. The molecule has 0 aromatic heterocycles. The highest BCUT2D eigenvalue weighted by Crippen LogP contribution is 2.41. The van der Waals surface area contributed by atoms with E-state index in [4.69, 9.17) is 0 Å². The van der Waals surface area contributed by atoms with Crippen molar-refractivity contribution in [1.29, 1.82) is 0 Å². The second-order valence-corrected chi connectivity index (χ2v) is 5.87. The third-order valence-electron chi connectivity index (χ3n) is 3.53. The standard InChI is InChI=1S/C15H15NO2S/c1-10-11-6-3-5-9-14(11)19-15(16(10)18)12-7-2-4-8-13(12)17/h2-10,15-17H,1H3. The van der Waals surface area contributed by atoms with Gasteiger partial charge in [-0.2, -0.15) is 0 Å². The van der Waals surface area contributed by atoms with E-state index in [9.17, 15) is 10.3 Å². The minimum Gasteiger partial charge on any atom is -0.633 e. The van der Waals surface area contributed by atoms with Crippen LogP contribution in [0.2, 0.25) is 0 Å². The maximum Gasteiger partial charge on any atom is 0.168 e. The molecule has 98 valence electrons. The first-order valence-corrected chi connectivity index (χ1v) is 7.13. The van der Waals surface area contributed by atoms with Gasteiger partial charge in [-0.15, -0.1) is 0 Å². The minimum atomic E-state index is -0.314.